The van der Waals surface area contributed by atoms with Crippen molar-refractivity contribution < 1.29 is 19.4 Å². The number of piperazine rings is 1. The molecule has 2 N–H and O–H groups in total. The molecule has 0 spiro atoms. The summed E-state index contributed by atoms with van der Waals surface area (Å²) in [5.74, 6) is -1.08. The van der Waals surface area contributed by atoms with Crippen molar-refractivity contribution in [3.05, 3.63) is 0 Å². The minimum absolute atomic E-state index is 0.0289. The fourth-order valence-corrected chi connectivity index (χ4v) is 3.04. The molecule has 7 heteroatoms. The zero-order valence-corrected chi connectivity index (χ0v) is 12.0. The number of nitrogens with one attached hydrogen (secondary N) is 1. The maximum atomic E-state index is 12.3. The normalized spacial score (nSPS) is 28.0. The molecule has 2 heterocycles. The van der Waals surface area contributed by atoms with Crippen LogP contribution in [0, 0.1) is 0 Å². The van der Waals surface area contributed by atoms with E-state index in [0.717, 1.165) is 19.5 Å². The Morgan fingerprint density at radius 3 is 2.85 bits per heavy atom. The van der Waals surface area contributed by atoms with Gasteiger partial charge in [-0.25, -0.2) is 9.59 Å². The van der Waals surface area contributed by atoms with Crippen molar-refractivity contribution in [2.45, 2.75) is 37.9 Å². The molecule has 7 nitrogen and oxygen atoms in total. The number of rotatable bonds is 4. The minimum Gasteiger partial charge on any atom is -0.480 e. The molecule has 0 aliphatic carbocycles. The summed E-state index contributed by atoms with van der Waals surface area (Å²) in [6.45, 7) is 4.61. The molecule has 0 saturated carbocycles. The van der Waals surface area contributed by atoms with Gasteiger partial charge in [-0.2, -0.15) is 0 Å². The topological polar surface area (TPSA) is 82.1 Å². The number of hydrogen-bond acceptors (Lipinski definition) is 4. The predicted octanol–water partition coefficient (Wildman–Crippen LogP) is -0.0359. The fraction of sp³-hybridized carbons (Fsp3) is 0.846. The number of carbonyl (C=O) groups is 2. The first-order valence-electron chi connectivity index (χ1n) is 7.06. The van der Waals surface area contributed by atoms with E-state index in [1.807, 2.05) is 6.92 Å². The number of carboxylic acid groups (broad SMARTS) is 1. The molecule has 2 saturated heterocycles. The van der Waals surface area contributed by atoms with Gasteiger partial charge in [-0.15, -0.1) is 0 Å². The molecular formula is C13H23N3O4. The quantitative estimate of drug-likeness (QED) is 0.757. The van der Waals surface area contributed by atoms with E-state index >= 15 is 0 Å². The third-order valence-electron chi connectivity index (χ3n) is 4.13. The van der Waals surface area contributed by atoms with Crippen molar-refractivity contribution >= 4 is 12.0 Å². The van der Waals surface area contributed by atoms with Crippen LogP contribution in [0.2, 0.25) is 0 Å². The van der Waals surface area contributed by atoms with Gasteiger partial charge in [0.05, 0.1) is 6.61 Å². The van der Waals surface area contributed by atoms with Crippen LogP contribution in [-0.4, -0.2) is 78.4 Å². The smallest absolute Gasteiger partial charge is 0.328 e. The van der Waals surface area contributed by atoms with Crippen LogP contribution in [0.1, 0.15) is 19.8 Å². The standard InChI is InChI=1S/C13H23N3O4/c1-9-6-15-5-3-4-10(15)7-16(9)13(19)14-11(8-20-2)12(17)18/h9-11H,3-8H2,1-2H3,(H,14,19)(H,17,18). The number of fused-ring (bicyclic) bond motifs is 1. The van der Waals surface area contributed by atoms with Crippen molar-refractivity contribution in [3.8, 4) is 0 Å². The number of aliphatic carboxylic acids is 1. The molecule has 114 valence electrons. The van der Waals surface area contributed by atoms with E-state index in [1.165, 1.54) is 13.5 Å². The zero-order chi connectivity index (χ0) is 14.7. The Kier molecular flexibility index (Phi) is 4.82. The summed E-state index contributed by atoms with van der Waals surface area (Å²) in [4.78, 5) is 27.5. The number of amides is 2. The van der Waals surface area contributed by atoms with Crippen molar-refractivity contribution in [3.63, 3.8) is 0 Å². The Bertz CT molecular complexity index is 377. The van der Waals surface area contributed by atoms with E-state index in [9.17, 15) is 9.59 Å². The van der Waals surface area contributed by atoms with Crippen LogP contribution in [-0.2, 0) is 9.53 Å². The van der Waals surface area contributed by atoms with E-state index in [0.29, 0.717) is 12.6 Å². The maximum absolute atomic E-state index is 12.3. The van der Waals surface area contributed by atoms with Gasteiger partial charge in [0.2, 0.25) is 0 Å². The molecular weight excluding hydrogens is 262 g/mol. The number of urea groups is 1. The van der Waals surface area contributed by atoms with Crippen LogP contribution >= 0.6 is 0 Å². The van der Waals surface area contributed by atoms with Crippen LogP contribution in [0.25, 0.3) is 0 Å². The molecule has 0 radical (unpaired) electrons. The Labute approximate surface area is 118 Å². The van der Waals surface area contributed by atoms with Crippen LogP contribution in [0.3, 0.4) is 0 Å². The highest BCUT2D eigenvalue weighted by atomic mass is 16.5. The molecule has 2 aliphatic heterocycles. The van der Waals surface area contributed by atoms with E-state index in [-0.39, 0.29) is 18.7 Å². The van der Waals surface area contributed by atoms with Crippen molar-refractivity contribution in [1.29, 1.82) is 0 Å². The van der Waals surface area contributed by atoms with E-state index in [1.54, 1.807) is 4.90 Å². The highest BCUT2D eigenvalue weighted by Gasteiger charge is 2.37. The first-order chi connectivity index (χ1) is 9.52. The minimum atomic E-state index is -1.08. The molecule has 0 aromatic carbocycles. The summed E-state index contributed by atoms with van der Waals surface area (Å²) in [6, 6.07) is -0.793. The molecule has 0 aromatic heterocycles. The molecule has 2 amide bonds. The van der Waals surface area contributed by atoms with Crippen molar-refractivity contribution in [1.82, 2.24) is 15.1 Å². The van der Waals surface area contributed by atoms with Gasteiger partial charge in [0.1, 0.15) is 0 Å². The van der Waals surface area contributed by atoms with Gasteiger partial charge in [-0.1, -0.05) is 0 Å². The Hall–Kier alpha value is -1.34. The van der Waals surface area contributed by atoms with Gasteiger partial charge in [0, 0.05) is 32.3 Å². The summed E-state index contributed by atoms with van der Waals surface area (Å²) < 4.78 is 4.83. The summed E-state index contributed by atoms with van der Waals surface area (Å²) >= 11 is 0. The fourth-order valence-electron chi connectivity index (χ4n) is 3.04. The van der Waals surface area contributed by atoms with Gasteiger partial charge in [0.25, 0.3) is 0 Å². The largest absolute Gasteiger partial charge is 0.480 e. The van der Waals surface area contributed by atoms with Gasteiger partial charge in [0.15, 0.2) is 6.04 Å². The second-order valence-corrected chi connectivity index (χ2v) is 5.59. The van der Waals surface area contributed by atoms with Crippen molar-refractivity contribution in [2.75, 3.05) is 33.4 Å². The lowest BCUT2D eigenvalue weighted by atomic mass is 10.1. The highest BCUT2D eigenvalue weighted by Crippen LogP contribution is 2.24. The number of hydrogen-bond donors (Lipinski definition) is 2. The van der Waals surface area contributed by atoms with E-state index < -0.39 is 12.0 Å². The van der Waals surface area contributed by atoms with Gasteiger partial charge < -0.3 is 20.1 Å². The van der Waals surface area contributed by atoms with Crippen LogP contribution < -0.4 is 5.32 Å². The summed E-state index contributed by atoms with van der Waals surface area (Å²) in [6.07, 6.45) is 2.28. The average molecular weight is 285 g/mol. The number of ether oxygens (including phenoxy) is 1. The lowest BCUT2D eigenvalue weighted by Gasteiger charge is -2.42. The third kappa shape index (κ3) is 3.21. The van der Waals surface area contributed by atoms with Crippen LogP contribution in [0.5, 0.6) is 0 Å². The predicted molar refractivity (Wildman–Crippen MR) is 72.6 cm³/mol. The maximum Gasteiger partial charge on any atom is 0.328 e. The highest BCUT2D eigenvalue weighted by molar-refractivity contribution is 5.83. The number of carbonyl (C=O) groups excluding carboxylic acids is 1. The average Bonchev–Trinajstić information content (AvgIpc) is 2.83. The van der Waals surface area contributed by atoms with Gasteiger partial charge in [-0.05, 0) is 26.3 Å². The van der Waals surface area contributed by atoms with E-state index in [2.05, 4.69) is 10.2 Å². The molecule has 0 bridgehead atoms. The molecule has 20 heavy (non-hydrogen) atoms. The molecule has 2 fully saturated rings. The van der Waals surface area contributed by atoms with Crippen LogP contribution in [0.4, 0.5) is 4.79 Å². The van der Waals surface area contributed by atoms with Gasteiger partial charge >= 0.3 is 12.0 Å². The first kappa shape index (κ1) is 15.1. The SMILES string of the molecule is COCC(NC(=O)N1CC2CCCN2CC1C)C(=O)O. The van der Waals surface area contributed by atoms with Crippen LogP contribution in [0.15, 0.2) is 0 Å². The van der Waals surface area contributed by atoms with Crippen molar-refractivity contribution in [2.24, 2.45) is 0 Å². The molecule has 2 rings (SSSR count). The second-order valence-electron chi connectivity index (χ2n) is 5.59. The van der Waals surface area contributed by atoms with E-state index in [4.69, 9.17) is 9.84 Å². The molecule has 3 unspecified atom stereocenters. The lowest BCUT2D eigenvalue weighted by molar-refractivity contribution is -0.140. The third-order valence-corrected chi connectivity index (χ3v) is 4.13. The number of nitrogens with zero attached hydrogens (tertiary/aromatic N) is 2. The lowest BCUT2D eigenvalue weighted by Crippen LogP contribution is -2.60. The summed E-state index contributed by atoms with van der Waals surface area (Å²) in [7, 11) is 1.42. The second kappa shape index (κ2) is 6.41. The summed E-state index contributed by atoms with van der Waals surface area (Å²) in [5.41, 5.74) is 0. The molecule has 3 atom stereocenters. The molecule has 2 aliphatic rings. The molecule has 0 aromatic rings. The Morgan fingerprint density at radius 1 is 1.45 bits per heavy atom. The Morgan fingerprint density at radius 2 is 2.20 bits per heavy atom. The summed E-state index contributed by atoms with van der Waals surface area (Å²) in [5, 5.41) is 11.6. The first-order valence-corrected chi connectivity index (χ1v) is 7.06. The number of carboxylic acids is 1. The monoisotopic (exact) mass is 285 g/mol. The van der Waals surface area contributed by atoms with Gasteiger partial charge in [-0.3, -0.25) is 4.90 Å². The zero-order valence-electron chi connectivity index (χ0n) is 12.0. The number of methoxy groups -OCH3 is 1. The Balaban J connectivity index is 1.95.